The zero-order valence-corrected chi connectivity index (χ0v) is 19.3. The van der Waals surface area contributed by atoms with Gasteiger partial charge in [-0.3, -0.25) is 4.72 Å². The SMILES string of the molecule is Cc1ccc(S(=O)(=O)Nc2ccc(NC3CCN(C(=O)OC(C)(C)C)CC3)cc2)cc1. The summed E-state index contributed by atoms with van der Waals surface area (Å²) in [6.45, 7) is 8.79. The summed E-state index contributed by atoms with van der Waals surface area (Å²) in [6.07, 6.45) is 1.37. The third-order valence-corrected chi connectivity index (χ3v) is 6.38. The molecule has 7 nitrogen and oxygen atoms in total. The molecular formula is C23H31N3O4S. The normalized spacial score (nSPS) is 15.4. The molecule has 31 heavy (non-hydrogen) atoms. The summed E-state index contributed by atoms with van der Waals surface area (Å²) in [4.78, 5) is 14.2. The zero-order valence-electron chi connectivity index (χ0n) is 18.5. The van der Waals surface area contributed by atoms with Crippen LogP contribution in [0.4, 0.5) is 16.2 Å². The van der Waals surface area contributed by atoms with E-state index in [1.165, 1.54) is 0 Å². The quantitative estimate of drug-likeness (QED) is 0.702. The molecule has 1 saturated heterocycles. The van der Waals surface area contributed by atoms with Gasteiger partial charge in [0.25, 0.3) is 10.0 Å². The second-order valence-electron chi connectivity index (χ2n) is 8.88. The van der Waals surface area contributed by atoms with Crippen molar-refractivity contribution in [2.75, 3.05) is 23.1 Å². The van der Waals surface area contributed by atoms with Gasteiger partial charge < -0.3 is 15.0 Å². The topological polar surface area (TPSA) is 87.7 Å². The Morgan fingerprint density at radius 3 is 2.06 bits per heavy atom. The van der Waals surface area contributed by atoms with Gasteiger partial charge in [-0.05, 0) is 76.9 Å². The lowest BCUT2D eigenvalue weighted by Gasteiger charge is -2.34. The smallest absolute Gasteiger partial charge is 0.410 e. The number of rotatable bonds is 5. The molecule has 0 spiro atoms. The van der Waals surface area contributed by atoms with E-state index in [9.17, 15) is 13.2 Å². The first-order valence-corrected chi connectivity index (χ1v) is 11.9. The zero-order chi connectivity index (χ0) is 22.6. The minimum atomic E-state index is -3.62. The molecule has 2 aromatic rings. The maximum absolute atomic E-state index is 12.5. The van der Waals surface area contributed by atoms with Crippen LogP contribution in [0.1, 0.15) is 39.2 Å². The van der Waals surface area contributed by atoms with Crippen LogP contribution in [-0.2, 0) is 14.8 Å². The fourth-order valence-electron chi connectivity index (χ4n) is 3.33. The molecule has 0 aliphatic carbocycles. The standard InChI is InChI=1S/C23H31N3O4S/c1-17-5-11-21(12-6-17)31(28,29)25-20-9-7-18(8-10-20)24-19-13-15-26(16-14-19)22(27)30-23(2,3)4/h5-12,19,24-25H,13-16H2,1-4H3. The van der Waals surface area contributed by atoms with E-state index in [1.807, 2.05) is 39.8 Å². The van der Waals surface area contributed by atoms with Crippen LogP contribution in [0.25, 0.3) is 0 Å². The number of benzene rings is 2. The van der Waals surface area contributed by atoms with E-state index < -0.39 is 15.6 Å². The summed E-state index contributed by atoms with van der Waals surface area (Å²) in [6, 6.07) is 14.2. The van der Waals surface area contributed by atoms with Crippen molar-refractivity contribution in [3.63, 3.8) is 0 Å². The van der Waals surface area contributed by atoms with Gasteiger partial charge in [-0.1, -0.05) is 17.7 Å². The summed E-state index contributed by atoms with van der Waals surface area (Å²) in [5, 5.41) is 3.46. The maximum atomic E-state index is 12.5. The number of carbonyl (C=O) groups is 1. The summed E-state index contributed by atoms with van der Waals surface area (Å²) in [7, 11) is -3.62. The Kier molecular flexibility index (Phi) is 6.79. The number of anilines is 2. The maximum Gasteiger partial charge on any atom is 0.410 e. The second-order valence-corrected chi connectivity index (χ2v) is 10.6. The minimum absolute atomic E-state index is 0.233. The van der Waals surface area contributed by atoms with Crippen molar-refractivity contribution >= 4 is 27.5 Å². The molecule has 3 rings (SSSR count). The largest absolute Gasteiger partial charge is 0.444 e. The molecule has 1 aliphatic rings. The van der Waals surface area contributed by atoms with Gasteiger partial charge in [-0.2, -0.15) is 0 Å². The van der Waals surface area contributed by atoms with Gasteiger partial charge in [0, 0.05) is 30.5 Å². The van der Waals surface area contributed by atoms with E-state index in [1.54, 1.807) is 41.3 Å². The van der Waals surface area contributed by atoms with Gasteiger partial charge in [-0.25, -0.2) is 13.2 Å². The average molecular weight is 446 g/mol. The van der Waals surface area contributed by atoms with Crippen LogP contribution in [0.3, 0.4) is 0 Å². The van der Waals surface area contributed by atoms with Crippen molar-refractivity contribution < 1.29 is 17.9 Å². The lowest BCUT2D eigenvalue weighted by Crippen LogP contribution is -2.44. The van der Waals surface area contributed by atoms with Gasteiger partial charge in [0.05, 0.1) is 4.90 Å². The van der Waals surface area contributed by atoms with Crippen LogP contribution in [-0.4, -0.2) is 44.1 Å². The van der Waals surface area contributed by atoms with Crippen LogP contribution >= 0.6 is 0 Å². The van der Waals surface area contributed by atoms with Crippen LogP contribution in [0.2, 0.25) is 0 Å². The van der Waals surface area contributed by atoms with Crippen molar-refractivity contribution in [1.29, 1.82) is 0 Å². The van der Waals surface area contributed by atoms with E-state index in [0.29, 0.717) is 18.8 Å². The number of amides is 1. The third-order valence-electron chi connectivity index (χ3n) is 4.99. The number of aryl methyl sites for hydroxylation is 1. The minimum Gasteiger partial charge on any atom is -0.444 e. The molecule has 2 aromatic carbocycles. The highest BCUT2D eigenvalue weighted by Crippen LogP contribution is 2.22. The Labute approximate surface area is 184 Å². The highest BCUT2D eigenvalue weighted by molar-refractivity contribution is 7.92. The summed E-state index contributed by atoms with van der Waals surface area (Å²) >= 11 is 0. The monoisotopic (exact) mass is 445 g/mol. The number of ether oxygens (including phenoxy) is 1. The first-order valence-electron chi connectivity index (χ1n) is 10.5. The van der Waals surface area contributed by atoms with Crippen molar-refractivity contribution in [2.45, 2.75) is 57.1 Å². The van der Waals surface area contributed by atoms with Crippen molar-refractivity contribution in [3.05, 3.63) is 54.1 Å². The van der Waals surface area contributed by atoms with Crippen LogP contribution < -0.4 is 10.0 Å². The number of nitrogens with one attached hydrogen (secondary N) is 2. The molecule has 1 amide bonds. The van der Waals surface area contributed by atoms with E-state index in [-0.39, 0.29) is 17.0 Å². The molecular weight excluding hydrogens is 414 g/mol. The summed E-state index contributed by atoms with van der Waals surface area (Å²) < 4.78 is 33.1. The molecule has 0 aromatic heterocycles. The molecule has 1 fully saturated rings. The number of likely N-dealkylation sites (tertiary alicyclic amines) is 1. The molecule has 0 radical (unpaired) electrons. The molecule has 0 atom stereocenters. The van der Waals surface area contributed by atoms with Crippen LogP contribution in [0.5, 0.6) is 0 Å². The first kappa shape index (κ1) is 22.9. The van der Waals surface area contributed by atoms with E-state index in [0.717, 1.165) is 24.1 Å². The molecule has 1 heterocycles. The number of nitrogens with zero attached hydrogens (tertiary/aromatic N) is 1. The van der Waals surface area contributed by atoms with Gasteiger partial charge in [0.15, 0.2) is 0 Å². The van der Waals surface area contributed by atoms with Crippen molar-refractivity contribution in [1.82, 2.24) is 4.90 Å². The van der Waals surface area contributed by atoms with Crippen molar-refractivity contribution in [2.24, 2.45) is 0 Å². The summed E-state index contributed by atoms with van der Waals surface area (Å²) in [5.41, 5.74) is 1.93. The molecule has 2 N–H and O–H groups in total. The van der Waals surface area contributed by atoms with Crippen LogP contribution in [0, 0.1) is 6.92 Å². The number of hydrogen-bond acceptors (Lipinski definition) is 5. The molecule has 0 unspecified atom stereocenters. The van der Waals surface area contributed by atoms with E-state index in [2.05, 4.69) is 10.0 Å². The highest BCUT2D eigenvalue weighted by Gasteiger charge is 2.26. The molecule has 8 heteroatoms. The van der Waals surface area contributed by atoms with E-state index in [4.69, 9.17) is 4.74 Å². The van der Waals surface area contributed by atoms with Gasteiger partial charge >= 0.3 is 6.09 Å². The lowest BCUT2D eigenvalue weighted by atomic mass is 10.0. The Morgan fingerprint density at radius 2 is 1.52 bits per heavy atom. The molecule has 0 saturated carbocycles. The average Bonchev–Trinajstić information content (AvgIpc) is 2.69. The lowest BCUT2D eigenvalue weighted by molar-refractivity contribution is 0.0210. The highest BCUT2D eigenvalue weighted by atomic mass is 32.2. The number of piperidine rings is 1. The number of sulfonamides is 1. The van der Waals surface area contributed by atoms with E-state index >= 15 is 0 Å². The van der Waals surface area contributed by atoms with Gasteiger partial charge in [0.1, 0.15) is 5.60 Å². The Hall–Kier alpha value is -2.74. The second kappa shape index (κ2) is 9.18. The Balaban J connectivity index is 1.52. The van der Waals surface area contributed by atoms with Gasteiger partial charge in [0.2, 0.25) is 0 Å². The van der Waals surface area contributed by atoms with Crippen LogP contribution in [0.15, 0.2) is 53.4 Å². The van der Waals surface area contributed by atoms with Gasteiger partial charge in [-0.15, -0.1) is 0 Å². The predicted octanol–water partition coefficient (Wildman–Crippen LogP) is 4.61. The summed E-state index contributed by atoms with van der Waals surface area (Å²) in [5.74, 6) is 0. The number of carbonyl (C=O) groups excluding carboxylic acids is 1. The molecule has 0 bridgehead atoms. The van der Waals surface area contributed by atoms with Crippen molar-refractivity contribution in [3.8, 4) is 0 Å². The fourth-order valence-corrected chi connectivity index (χ4v) is 4.39. The predicted molar refractivity (Wildman–Crippen MR) is 123 cm³/mol. The fraction of sp³-hybridized carbons (Fsp3) is 0.435. The molecule has 168 valence electrons. The Morgan fingerprint density at radius 1 is 0.968 bits per heavy atom. The number of hydrogen-bond donors (Lipinski definition) is 2. The Bertz CT molecular complexity index is 989. The first-order chi connectivity index (χ1) is 14.5. The molecule has 1 aliphatic heterocycles. The third kappa shape index (κ3) is 6.62.